The van der Waals surface area contributed by atoms with Gasteiger partial charge in [0.2, 0.25) is 0 Å². The fourth-order valence-corrected chi connectivity index (χ4v) is 10.0. The largest absolute Gasteiger partial charge is 0.481 e. The zero-order chi connectivity index (χ0) is 26.7. The number of nitrogens with zero attached hydrogens (tertiary/aromatic N) is 1. The molecule has 5 heteroatoms. The lowest BCUT2D eigenvalue weighted by Gasteiger charge is -2.68. The van der Waals surface area contributed by atoms with Crippen molar-refractivity contribution in [1.82, 2.24) is 0 Å². The van der Waals surface area contributed by atoms with E-state index < -0.39 is 22.2 Å². The topological polar surface area (TPSA) is 95.2 Å². The molecule has 5 aliphatic rings. The predicted molar refractivity (Wildman–Crippen MR) is 137 cm³/mol. The smallest absolute Gasteiger partial charge is 0.309 e. The molecule has 5 aliphatic carbocycles. The molecule has 0 radical (unpaired) electrons. The molecule has 0 aromatic rings. The van der Waals surface area contributed by atoms with Gasteiger partial charge in [-0.1, -0.05) is 60.1 Å². The number of carboxylic acids is 1. The zero-order valence-electron chi connectivity index (χ0n) is 23.0. The van der Waals surface area contributed by atoms with Crippen molar-refractivity contribution in [3.63, 3.8) is 0 Å². The third-order valence-corrected chi connectivity index (χ3v) is 12.3. The number of fused-ring (bicyclic) bond motifs is 7. The first kappa shape index (κ1) is 25.4. The van der Waals surface area contributed by atoms with Crippen LogP contribution in [0.4, 0.5) is 0 Å². The lowest BCUT2D eigenvalue weighted by molar-refractivity contribution is -0.188. The molecule has 0 heterocycles. The lowest BCUT2D eigenvalue weighted by Crippen LogP contribution is -2.65. The third-order valence-electron chi connectivity index (χ3n) is 12.3. The summed E-state index contributed by atoms with van der Waals surface area (Å²) in [6, 6.07) is 2.15. The second kappa shape index (κ2) is 7.21. The molecule has 7 atom stereocenters. The monoisotopic (exact) mass is 491 g/mol. The average Bonchev–Trinajstić information content (AvgIpc) is 2.77. The highest BCUT2D eigenvalue weighted by molar-refractivity contribution is 6.04. The van der Waals surface area contributed by atoms with E-state index in [1.54, 1.807) is 0 Å². The Hall–Kier alpha value is -2.22. The first-order valence-electron chi connectivity index (χ1n) is 13.7. The predicted octanol–water partition coefficient (Wildman–Crippen LogP) is 6.29. The van der Waals surface area contributed by atoms with Crippen molar-refractivity contribution in [2.45, 2.75) is 93.4 Å². The molecule has 0 aromatic carbocycles. The van der Waals surface area contributed by atoms with Gasteiger partial charge in [-0.05, 0) is 79.1 Å². The lowest BCUT2D eigenvalue weighted by atomic mass is 9.34. The molecule has 0 aliphatic heterocycles. The highest BCUT2D eigenvalue weighted by Crippen LogP contribution is 2.74. The van der Waals surface area contributed by atoms with Gasteiger partial charge in [0.05, 0.1) is 11.0 Å². The average molecular weight is 492 g/mol. The van der Waals surface area contributed by atoms with E-state index in [9.17, 15) is 24.8 Å². The van der Waals surface area contributed by atoms with Gasteiger partial charge in [-0.3, -0.25) is 14.4 Å². The van der Waals surface area contributed by atoms with Crippen LogP contribution in [0.25, 0.3) is 0 Å². The summed E-state index contributed by atoms with van der Waals surface area (Å²) in [5.41, 5.74) is -1.49. The molecule has 36 heavy (non-hydrogen) atoms. The van der Waals surface area contributed by atoms with E-state index in [1.807, 2.05) is 26.0 Å². The fourth-order valence-electron chi connectivity index (χ4n) is 10.0. The summed E-state index contributed by atoms with van der Waals surface area (Å²) >= 11 is 0. The molecule has 1 N–H and O–H groups in total. The Morgan fingerprint density at radius 1 is 1.00 bits per heavy atom. The van der Waals surface area contributed by atoms with E-state index >= 15 is 0 Å². The fraction of sp³-hybridized carbons (Fsp3) is 0.742. The first-order valence-corrected chi connectivity index (χ1v) is 13.7. The maximum atomic E-state index is 14.2. The molecule has 0 saturated heterocycles. The SMILES string of the molecule is CC1(C)CCC2(C(=O)O)CC[C@]3(C)C(C(=O)C=C4[C@@]5(C)C=C(C#N)C(=O)C(C)(C)[C@@H]5CC[C@]43C)C2C1. The van der Waals surface area contributed by atoms with Crippen molar-refractivity contribution < 1.29 is 19.5 Å². The number of aliphatic carboxylic acids is 1. The number of carbonyl (C=O) groups excluding carboxylic acids is 2. The highest BCUT2D eigenvalue weighted by Gasteiger charge is 2.70. The summed E-state index contributed by atoms with van der Waals surface area (Å²) in [7, 11) is 0. The number of nitriles is 1. The van der Waals surface area contributed by atoms with Crippen LogP contribution in [0.1, 0.15) is 93.4 Å². The minimum absolute atomic E-state index is 0.00880. The molecule has 0 amide bonds. The number of allylic oxidation sites excluding steroid dienone is 4. The maximum absolute atomic E-state index is 14.2. The van der Waals surface area contributed by atoms with E-state index in [1.165, 1.54) is 0 Å². The minimum Gasteiger partial charge on any atom is -0.481 e. The van der Waals surface area contributed by atoms with Crippen LogP contribution < -0.4 is 0 Å². The van der Waals surface area contributed by atoms with Crippen molar-refractivity contribution in [2.24, 2.45) is 50.2 Å². The molecule has 0 aromatic heterocycles. The number of rotatable bonds is 1. The van der Waals surface area contributed by atoms with Gasteiger partial charge in [-0.25, -0.2) is 0 Å². The number of ketones is 2. The normalized spacial score (nSPS) is 46.7. The van der Waals surface area contributed by atoms with Gasteiger partial charge in [0.15, 0.2) is 11.6 Å². The summed E-state index contributed by atoms with van der Waals surface area (Å²) in [5.74, 6) is -1.27. The van der Waals surface area contributed by atoms with Crippen LogP contribution in [0.3, 0.4) is 0 Å². The van der Waals surface area contributed by atoms with Gasteiger partial charge in [0.25, 0.3) is 0 Å². The Bertz CT molecular complexity index is 1180. The molecule has 5 nitrogen and oxygen atoms in total. The number of carboxylic acid groups (broad SMARTS) is 1. The molecule has 5 rings (SSSR count). The van der Waals surface area contributed by atoms with Gasteiger partial charge in [-0.2, -0.15) is 5.26 Å². The van der Waals surface area contributed by atoms with Crippen molar-refractivity contribution in [3.8, 4) is 6.07 Å². The number of hydrogen-bond acceptors (Lipinski definition) is 4. The molecule has 194 valence electrons. The quantitative estimate of drug-likeness (QED) is 0.465. The van der Waals surface area contributed by atoms with Crippen LogP contribution in [0, 0.1) is 61.6 Å². The summed E-state index contributed by atoms with van der Waals surface area (Å²) in [6.45, 7) is 15.0. The molecule has 0 bridgehead atoms. The van der Waals surface area contributed by atoms with E-state index in [2.05, 4.69) is 40.7 Å². The van der Waals surface area contributed by atoms with Gasteiger partial charge in [-0.15, -0.1) is 0 Å². The van der Waals surface area contributed by atoms with Crippen molar-refractivity contribution in [1.29, 1.82) is 5.26 Å². The molecule has 3 saturated carbocycles. The first-order chi connectivity index (χ1) is 16.5. The molecule has 0 spiro atoms. The van der Waals surface area contributed by atoms with Crippen LogP contribution in [0.15, 0.2) is 23.3 Å². The second-order valence-electron chi connectivity index (χ2n) is 14.7. The van der Waals surface area contributed by atoms with Gasteiger partial charge in [0.1, 0.15) is 6.07 Å². The van der Waals surface area contributed by atoms with Crippen LogP contribution in [0.5, 0.6) is 0 Å². The van der Waals surface area contributed by atoms with Crippen LogP contribution in [0.2, 0.25) is 0 Å². The van der Waals surface area contributed by atoms with Crippen LogP contribution in [-0.2, 0) is 14.4 Å². The molecule has 3 unspecified atom stereocenters. The third kappa shape index (κ3) is 2.85. The van der Waals surface area contributed by atoms with E-state index in [0.29, 0.717) is 19.3 Å². The van der Waals surface area contributed by atoms with Gasteiger partial charge >= 0.3 is 5.97 Å². The number of hydrogen-bond donors (Lipinski definition) is 1. The van der Waals surface area contributed by atoms with E-state index in [-0.39, 0.29) is 51.1 Å². The van der Waals surface area contributed by atoms with Crippen LogP contribution in [-0.4, -0.2) is 22.6 Å². The van der Waals surface area contributed by atoms with Crippen molar-refractivity contribution >= 4 is 17.5 Å². The van der Waals surface area contributed by atoms with Gasteiger partial charge in [0, 0.05) is 16.7 Å². The Labute approximate surface area is 215 Å². The zero-order valence-corrected chi connectivity index (χ0v) is 23.0. The van der Waals surface area contributed by atoms with Gasteiger partial charge < -0.3 is 5.11 Å². The standard InChI is InChI=1S/C31H41NO4/c1-26(2)10-12-31(25(35)36)13-11-30(7)23(19(31)16-26)20(33)14-22-28(5)15-18(17-32)24(34)27(3,4)21(28)8-9-29(22,30)6/h14-15,19,21,23H,8-13,16H2,1-7H3,(H,35,36)/t19?,21-,23?,28-,29+,30+,31?/m0/s1. The highest BCUT2D eigenvalue weighted by atomic mass is 16.4. The van der Waals surface area contributed by atoms with Crippen LogP contribution >= 0.6 is 0 Å². The Kier molecular flexibility index (Phi) is 5.09. The molecular weight excluding hydrogens is 450 g/mol. The van der Waals surface area contributed by atoms with E-state index in [4.69, 9.17) is 0 Å². The maximum Gasteiger partial charge on any atom is 0.309 e. The van der Waals surface area contributed by atoms with Crippen molar-refractivity contribution in [2.75, 3.05) is 0 Å². The summed E-state index contributed by atoms with van der Waals surface area (Å²) < 4.78 is 0. The summed E-state index contributed by atoms with van der Waals surface area (Å²) in [6.07, 6.45) is 8.98. The molecular formula is C31H41NO4. The summed E-state index contributed by atoms with van der Waals surface area (Å²) in [4.78, 5) is 40.2. The molecule has 3 fully saturated rings. The Morgan fingerprint density at radius 2 is 1.64 bits per heavy atom. The number of Topliss-reactive ketones (excluding diaryl/α,β-unsaturated/α-hetero) is 1. The summed E-state index contributed by atoms with van der Waals surface area (Å²) in [5, 5.41) is 20.3. The number of carbonyl (C=O) groups is 3. The second-order valence-corrected chi connectivity index (χ2v) is 14.7. The Balaban J connectivity index is 1.71. The van der Waals surface area contributed by atoms with Crippen molar-refractivity contribution in [3.05, 3.63) is 23.3 Å². The Morgan fingerprint density at radius 3 is 2.25 bits per heavy atom. The minimum atomic E-state index is -0.828. The van der Waals surface area contributed by atoms with E-state index in [0.717, 1.165) is 31.3 Å².